The summed E-state index contributed by atoms with van der Waals surface area (Å²) in [5.41, 5.74) is 5.89. The maximum absolute atomic E-state index is 9.54. The van der Waals surface area contributed by atoms with Crippen molar-refractivity contribution in [1.82, 2.24) is 0 Å². The van der Waals surface area contributed by atoms with Crippen molar-refractivity contribution in [3.8, 4) is 0 Å². The number of rotatable bonds is 2. The largest absolute Gasteiger partial charge is 0.392 e. The summed E-state index contributed by atoms with van der Waals surface area (Å²) in [5.74, 6) is 1.42. The normalized spacial score (nSPS) is 50.5. The molecule has 0 aromatic rings. The topological polar surface area (TPSA) is 46.2 Å². The molecular formula is C9H17NO. The third-order valence-corrected chi connectivity index (χ3v) is 4.06. The van der Waals surface area contributed by atoms with Crippen molar-refractivity contribution in [1.29, 1.82) is 0 Å². The lowest BCUT2D eigenvalue weighted by Gasteiger charge is -2.63. The Bertz CT molecular complexity index is 171. The van der Waals surface area contributed by atoms with Crippen molar-refractivity contribution < 1.29 is 5.11 Å². The molecule has 2 heteroatoms. The highest BCUT2D eigenvalue weighted by Gasteiger charge is 2.58. The predicted molar refractivity (Wildman–Crippen MR) is 44.0 cm³/mol. The van der Waals surface area contributed by atoms with Crippen LogP contribution in [0.4, 0.5) is 0 Å². The van der Waals surface area contributed by atoms with Gasteiger partial charge in [0.2, 0.25) is 0 Å². The smallest absolute Gasteiger partial charge is 0.0695 e. The zero-order valence-corrected chi connectivity index (χ0v) is 7.09. The van der Waals surface area contributed by atoms with Gasteiger partial charge in [0.25, 0.3) is 0 Å². The number of nitrogens with two attached hydrogens (primary N) is 1. The van der Waals surface area contributed by atoms with Crippen LogP contribution in [0.2, 0.25) is 0 Å². The molecule has 2 nitrogen and oxygen atoms in total. The number of aliphatic hydroxyl groups is 1. The van der Waals surface area contributed by atoms with Gasteiger partial charge in [0.15, 0.2) is 0 Å². The molecule has 64 valence electrons. The average Bonchev–Trinajstić information content (AvgIpc) is 2.03. The minimum atomic E-state index is -0.239. The van der Waals surface area contributed by atoms with Gasteiger partial charge in [-0.1, -0.05) is 6.92 Å². The highest BCUT2D eigenvalue weighted by molar-refractivity contribution is 5.08. The molecule has 2 fully saturated rings. The Morgan fingerprint density at radius 1 is 1.73 bits per heavy atom. The van der Waals surface area contributed by atoms with Crippen molar-refractivity contribution in [3.63, 3.8) is 0 Å². The second-order valence-corrected chi connectivity index (χ2v) is 4.39. The Balaban J connectivity index is 1.98. The third kappa shape index (κ3) is 0.798. The van der Waals surface area contributed by atoms with E-state index in [1.165, 1.54) is 19.3 Å². The van der Waals surface area contributed by atoms with Gasteiger partial charge in [-0.15, -0.1) is 0 Å². The fourth-order valence-corrected chi connectivity index (χ4v) is 2.86. The maximum Gasteiger partial charge on any atom is 0.0695 e. The molecule has 2 rings (SSSR count). The lowest BCUT2D eigenvalue weighted by atomic mass is 9.42. The fourth-order valence-electron chi connectivity index (χ4n) is 2.86. The molecule has 2 aliphatic rings. The first-order valence-electron chi connectivity index (χ1n) is 4.56. The van der Waals surface area contributed by atoms with E-state index in [4.69, 9.17) is 5.73 Å². The van der Waals surface area contributed by atoms with Gasteiger partial charge in [-0.3, -0.25) is 0 Å². The van der Waals surface area contributed by atoms with Crippen LogP contribution in [0.15, 0.2) is 0 Å². The zero-order chi connectivity index (χ0) is 8.06. The van der Waals surface area contributed by atoms with Crippen molar-refractivity contribution in [3.05, 3.63) is 0 Å². The molecule has 0 amide bonds. The van der Waals surface area contributed by atoms with Crippen LogP contribution in [-0.2, 0) is 0 Å². The molecule has 4 atom stereocenters. The molecule has 3 N–H and O–H groups in total. The highest BCUT2D eigenvalue weighted by atomic mass is 16.3. The molecule has 2 saturated carbocycles. The van der Waals surface area contributed by atoms with E-state index in [2.05, 4.69) is 6.92 Å². The summed E-state index contributed by atoms with van der Waals surface area (Å²) in [6.07, 6.45) is 3.66. The molecule has 0 bridgehead atoms. The van der Waals surface area contributed by atoms with Gasteiger partial charge in [0, 0.05) is 6.54 Å². The lowest BCUT2D eigenvalue weighted by Crippen LogP contribution is -2.59. The predicted octanol–water partition coefficient (Wildman–Crippen LogP) is 0.742. The molecule has 0 radical (unpaired) electrons. The molecular weight excluding hydrogens is 138 g/mol. The van der Waals surface area contributed by atoms with Crippen molar-refractivity contribution in [2.24, 2.45) is 23.0 Å². The number of fused-ring (bicyclic) bond motifs is 1. The summed E-state index contributed by atoms with van der Waals surface area (Å²) in [7, 11) is 0. The van der Waals surface area contributed by atoms with Crippen LogP contribution in [-0.4, -0.2) is 17.8 Å². The first-order valence-corrected chi connectivity index (χ1v) is 4.56. The molecule has 0 heterocycles. The second kappa shape index (κ2) is 2.20. The van der Waals surface area contributed by atoms with E-state index in [1.54, 1.807) is 0 Å². The van der Waals surface area contributed by atoms with Crippen LogP contribution in [0.5, 0.6) is 0 Å². The summed E-state index contributed by atoms with van der Waals surface area (Å²) >= 11 is 0. The first kappa shape index (κ1) is 7.56. The summed E-state index contributed by atoms with van der Waals surface area (Å²) in [5, 5.41) is 9.54. The van der Waals surface area contributed by atoms with Crippen LogP contribution < -0.4 is 5.73 Å². The van der Waals surface area contributed by atoms with E-state index in [-0.39, 0.29) is 6.10 Å². The van der Waals surface area contributed by atoms with E-state index in [9.17, 15) is 5.11 Å². The molecule has 0 saturated heterocycles. The van der Waals surface area contributed by atoms with Crippen LogP contribution in [0.3, 0.4) is 0 Å². The van der Waals surface area contributed by atoms with Gasteiger partial charge in [-0.2, -0.15) is 0 Å². The number of aliphatic hydroxyl groups excluding tert-OH is 1. The molecule has 2 aliphatic carbocycles. The van der Waals surface area contributed by atoms with Crippen LogP contribution in [0.1, 0.15) is 26.2 Å². The fraction of sp³-hybridized carbons (Fsp3) is 1.00. The number of hydrogen-bond acceptors (Lipinski definition) is 2. The quantitative estimate of drug-likeness (QED) is 0.618. The SMILES string of the molecule is CC12CCC1CC2C(O)CN. The average molecular weight is 155 g/mol. The Labute approximate surface area is 67.8 Å². The highest BCUT2D eigenvalue weighted by Crippen LogP contribution is 2.65. The monoisotopic (exact) mass is 155 g/mol. The van der Waals surface area contributed by atoms with Crippen LogP contribution in [0.25, 0.3) is 0 Å². The molecule has 0 spiro atoms. The van der Waals surface area contributed by atoms with Crippen molar-refractivity contribution in [2.75, 3.05) is 6.54 Å². The van der Waals surface area contributed by atoms with Gasteiger partial charge in [-0.25, -0.2) is 0 Å². The lowest BCUT2D eigenvalue weighted by molar-refractivity contribution is -0.169. The van der Waals surface area contributed by atoms with E-state index in [1.807, 2.05) is 0 Å². The van der Waals surface area contributed by atoms with E-state index >= 15 is 0 Å². The minimum absolute atomic E-state index is 0.239. The Kier molecular flexibility index (Phi) is 1.52. The van der Waals surface area contributed by atoms with E-state index in [0.717, 1.165) is 5.92 Å². The van der Waals surface area contributed by atoms with Crippen molar-refractivity contribution >= 4 is 0 Å². The molecule has 0 aliphatic heterocycles. The van der Waals surface area contributed by atoms with Crippen LogP contribution >= 0.6 is 0 Å². The molecule has 0 aromatic heterocycles. The van der Waals surface area contributed by atoms with Crippen molar-refractivity contribution in [2.45, 2.75) is 32.3 Å². The Hall–Kier alpha value is -0.0800. The van der Waals surface area contributed by atoms with Gasteiger partial charge in [-0.05, 0) is 36.5 Å². The van der Waals surface area contributed by atoms with Gasteiger partial charge in [0.1, 0.15) is 0 Å². The third-order valence-electron chi connectivity index (χ3n) is 4.06. The first-order chi connectivity index (χ1) is 5.18. The van der Waals surface area contributed by atoms with Gasteiger partial charge >= 0.3 is 0 Å². The molecule has 0 aromatic carbocycles. The van der Waals surface area contributed by atoms with Gasteiger partial charge < -0.3 is 10.8 Å². The maximum atomic E-state index is 9.54. The summed E-state index contributed by atoms with van der Waals surface area (Å²) < 4.78 is 0. The van der Waals surface area contributed by atoms with E-state index in [0.29, 0.717) is 17.9 Å². The second-order valence-electron chi connectivity index (χ2n) is 4.39. The zero-order valence-electron chi connectivity index (χ0n) is 7.09. The summed E-state index contributed by atoms with van der Waals surface area (Å²) in [6.45, 7) is 2.74. The van der Waals surface area contributed by atoms with Crippen LogP contribution in [0, 0.1) is 17.3 Å². The standard InChI is InChI=1S/C9H17NO/c1-9-3-2-6(9)4-7(9)8(11)5-10/h6-8,11H,2-5,10H2,1H3. The number of hydrogen-bond donors (Lipinski definition) is 2. The molecule has 11 heavy (non-hydrogen) atoms. The Morgan fingerprint density at radius 2 is 2.45 bits per heavy atom. The summed E-state index contributed by atoms with van der Waals surface area (Å²) in [6, 6.07) is 0. The summed E-state index contributed by atoms with van der Waals surface area (Å²) in [4.78, 5) is 0. The molecule has 4 unspecified atom stereocenters. The van der Waals surface area contributed by atoms with E-state index < -0.39 is 0 Å². The van der Waals surface area contributed by atoms with Gasteiger partial charge in [0.05, 0.1) is 6.10 Å². The minimum Gasteiger partial charge on any atom is -0.392 e. The Morgan fingerprint density at radius 3 is 2.73 bits per heavy atom.